The normalized spacial score (nSPS) is 13.0. The van der Waals surface area contributed by atoms with E-state index in [4.69, 9.17) is 0 Å². The molecule has 0 bridgehead atoms. The van der Waals surface area contributed by atoms with Crippen LogP contribution in [0.5, 0.6) is 0 Å². The molecule has 0 spiro atoms. The highest BCUT2D eigenvalue weighted by Crippen LogP contribution is 2.27. The molecule has 2 nitrogen and oxygen atoms in total. The van der Waals surface area contributed by atoms with Crippen LogP contribution in [0.25, 0.3) is 0 Å². The van der Waals surface area contributed by atoms with Gasteiger partial charge in [-0.25, -0.2) is 0 Å². The zero-order chi connectivity index (χ0) is 14.2. The predicted octanol–water partition coefficient (Wildman–Crippen LogP) is 5.48. The van der Waals surface area contributed by atoms with E-state index in [0.29, 0.717) is 0 Å². The second-order valence-corrected chi connectivity index (χ2v) is 5.84. The molecule has 20 heavy (non-hydrogen) atoms. The highest BCUT2D eigenvalue weighted by molar-refractivity contribution is 6.07. The van der Waals surface area contributed by atoms with Crippen LogP contribution < -0.4 is 5.43 Å². The molecule has 1 aliphatic heterocycles. The molecule has 0 unspecified atom stereocenters. The highest BCUT2D eigenvalue weighted by Gasteiger charge is 2.18. The van der Waals surface area contributed by atoms with E-state index in [2.05, 4.69) is 42.6 Å². The molecule has 2 heteroatoms. The fraction of sp³-hybridized carbons (Fsp3) is 0.611. The first-order chi connectivity index (χ1) is 9.83. The molecular formula is C18H27N2. The van der Waals surface area contributed by atoms with E-state index in [0.717, 1.165) is 12.1 Å². The summed E-state index contributed by atoms with van der Waals surface area (Å²) in [6, 6.07) is 6.28. The van der Waals surface area contributed by atoms with E-state index in [-0.39, 0.29) is 0 Å². The summed E-state index contributed by atoms with van der Waals surface area (Å²) in [7, 11) is 0. The fourth-order valence-electron chi connectivity index (χ4n) is 2.88. The molecule has 0 amide bonds. The Kier molecular flexibility index (Phi) is 6.10. The molecule has 1 heterocycles. The number of aryl methyl sites for hydroxylation is 1. The molecule has 0 saturated heterocycles. The standard InChI is InChI=1S/C18H27N2/c1-3-4-5-6-7-8-9-10-13-16-18-15(2)12-11-14-17(18)20-19-16/h11-12,14H,3-10,13H2,1-2H3. The number of rotatable bonds is 9. The van der Waals surface area contributed by atoms with E-state index < -0.39 is 0 Å². The molecule has 2 rings (SSSR count). The van der Waals surface area contributed by atoms with Gasteiger partial charge in [-0.2, -0.15) is 10.5 Å². The van der Waals surface area contributed by atoms with Crippen molar-refractivity contribution in [3.8, 4) is 0 Å². The minimum atomic E-state index is 1.06. The summed E-state index contributed by atoms with van der Waals surface area (Å²) in [5, 5.41) is 4.36. The molecule has 1 aromatic rings. The Morgan fingerprint density at radius 3 is 2.35 bits per heavy atom. The topological polar surface area (TPSA) is 26.5 Å². The lowest BCUT2D eigenvalue weighted by atomic mass is 9.98. The molecule has 0 N–H and O–H groups in total. The van der Waals surface area contributed by atoms with Crippen molar-refractivity contribution in [3.05, 3.63) is 29.3 Å². The van der Waals surface area contributed by atoms with E-state index in [9.17, 15) is 0 Å². The molecule has 0 atom stereocenters. The van der Waals surface area contributed by atoms with Gasteiger partial charge in [-0.05, 0) is 31.4 Å². The number of hydrogen-bond acceptors (Lipinski definition) is 1. The molecule has 0 aliphatic carbocycles. The van der Waals surface area contributed by atoms with Crippen LogP contribution in [0.2, 0.25) is 0 Å². The first-order valence-corrected chi connectivity index (χ1v) is 8.20. The minimum Gasteiger partial charge on any atom is -0.154 e. The van der Waals surface area contributed by atoms with Crippen LogP contribution in [0.1, 0.15) is 75.8 Å². The lowest BCUT2D eigenvalue weighted by Gasteiger charge is -2.05. The van der Waals surface area contributed by atoms with Crippen LogP contribution in [0.15, 0.2) is 23.3 Å². The molecule has 1 aliphatic rings. The Morgan fingerprint density at radius 1 is 0.900 bits per heavy atom. The Balaban J connectivity index is 1.65. The Morgan fingerprint density at radius 2 is 1.60 bits per heavy atom. The van der Waals surface area contributed by atoms with E-state index in [1.54, 1.807) is 0 Å². The van der Waals surface area contributed by atoms with Crippen molar-refractivity contribution in [3.63, 3.8) is 0 Å². The van der Waals surface area contributed by atoms with Crippen molar-refractivity contribution in [2.75, 3.05) is 0 Å². The average molecular weight is 271 g/mol. The first kappa shape index (κ1) is 15.1. The summed E-state index contributed by atoms with van der Waals surface area (Å²) < 4.78 is 0. The molecule has 0 saturated carbocycles. The Bertz CT molecular complexity index is 449. The van der Waals surface area contributed by atoms with Gasteiger partial charge in [-0.1, -0.05) is 64.0 Å². The van der Waals surface area contributed by atoms with Gasteiger partial charge in [0.2, 0.25) is 0 Å². The minimum absolute atomic E-state index is 1.06. The van der Waals surface area contributed by atoms with Crippen LogP contribution in [-0.2, 0) is 0 Å². The number of benzene rings is 1. The summed E-state index contributed by atoms with van der Waals surface area (Å²) in [6.45, 7) is 4.43. The van der Waals surface area contributed by atoms with Gasteiger partial charge in [0, 0.05) is 5.56 Å². The van der Waals surface area contributed by atoms with E-state index >= 15 is 0 Å². The summed E-state index contributed by atoms with van der Waals surface area (Å²) in [4.78, 5) is 0. The maximum atomic E-state index is 4.36. The lowest BCUT2D eigenvalue weighted by molar-refractivity contribution is 0.580. The van der Waals surface area contributed by atoms with Gasteiger partial charge in [0.15, 0.2) is 0 Å². The maximum absolute atomic E-state index is 4.36. The van der Waals surface area contributed by atoms with Crippen molar-refractivity contribution in [1.82, 2.24) is 5.43 Å². The number of fused-ring (bicyclic) bond motifs is 1. The van der Waals surface area contributed by atoms with Gasteiger partial charge in [0.05, 0.1) is 11.4 Å². The highest BCUT2D eigenvalue weighted by atomic mass is 15.3. The van der Waals surface area contributed by atoms with Crippen molar-refractivity contribution >= 4 is 11.4 Å². The summed E-state index contributed by atoms with van der Waals surface area (Å²) in [5.74, 6) is 0. The molecule has 1 aromatic carbocycles. The third kappa shape index (κ3) is 4.09. The third-order valence-corrected chi connectivity index (χ3v) is 4.08. The smallest absolute Gasteiger partial charge is 0.0950 e. The summed E-state index contributed by atoms with van der Waals surface area (Å²) in [5.41, 5.74) is 9.13. The number of hydrogen-bond donors (Lipinski definition) is 0. The quantitative estimate of drug-likeness (QED) is 0.532. The van der Waals surface area contributed by atoms with Crippen LogP contribution in [0, 0.1) is 6.92 Å². The van der Waals surface area contributed by atoms with Crippen molar-refractivity contribution in [1.29, 1.82) is 0 Å². The van der Waals surface area contributed by atoms with Crippen molar-refractivity contribution in [2.45, 2.75) is 71.6 Å². The average Bonchev–Trinajstić information content (AvgIpc) is 2.86. The second kappa shape index (κ2) is 8.08. The first-order valence-electron chi connectivity index (χ1n) is 8.20. The summed E-state index contributed by atoms with van der Waals surface area (Å²) in [6.07, 6.45) is 12.0. The van der Waals surface area contributed by atoms with Gasteiger partial charge >= 0.3 is 0 Å². The Labute approximate surface area is 123 Å². The number of nitrogens with zero attached hydrogens (tertiary/aromatic N) is 2. The predicted molar refractivity (Wildman–Crippen MR) is 86.7 cm³/mol. The van der Waals surface area contributed by atoms with Gasteiger partial charge in [-0.3, -0.25) is 0 Å². The SMILES string of the molecule is CCCCCCCCCCC1=N[N]c2cccc(C)c21. The van der Waals surface area contributed by atoms with Gasteiger partial charge in [0.1, 0.15) is 0 Å². The molecule has 0 fully saturated rings. The van der Waals surface area contributed by atoms with E-state index in [1.165, 1.54) is 68.2 Å². The van der Waals surface area contributed by atoms with Crippen LogP contribution in [0.3, 0.4) is 0 Å². The monoisotopic (exact) mass is 271 g/mol. The molecule has 1 radical (unpaired) electrons. The molecular weight excluding hydrogens is 244 g/mol. The molecule has 109 valence electrons. The van der Waals surface area contributed by atoms with Crippen molar-refractivity contribution in [2.24, 2.45) is 5.10 Å². The largest absolute Gasteiger partial charge is 0.154 e. The second-order valence-electron chi connectivity index (χ2n) is 5.84. The van der Waals surface area contributed by atoms with Crippen LogP contribution in [0.4, 0.5) is 5.69 Å². The zero-order valence-corrected chi connectivity index (χ0v) is 13.0. The fourth-order valence-corrected chi connectivity index (χ4v) is 2.88. The van der Waals surface area contributed by atoms with Gasteiger partial charge in [-0.15, -0.1) is 0 Å². The number of unbranched alkanes of at least 4 members (excludes halogenated alkanes) is 7. The third-order valence-electron chi connectivity index (χ3n) is 4.08. The van der Waals surface area contributed by atoms with Crippen molar-refractivity contribution < 1.29 is 0 Å². The summed E-state index contributed by atoms with van der Waals surface area (Å²) >= 11 is 0. The Hall–Kier alpha value is -1.31. The molecule has 0 aromatic heterocycles. The van der Waals surface area contributed by atoms with E-state index in [1.807, 2.05) is 0 Å². The van der Waals surface area contributed by atoms with Crippen LogP contribution in [-0.4, -0.2) is 5.71 Å². The van der Waals surface area contributed by atoms with Gasteiger partial charge < -0.3 is 0 Å². The van der Waals surface area contributed by atoms with Crippen LogP contribution >= 0.6 is 0 Å². The lowest BCUT2D eigenvalue weighted by Crippen LogP contribution is -1.99. The zero-order valence-electron chi connectivity index (χ0n) is 13.0. The maximum Gasteiger partial charge on any atom is 0.0950 e. The van der Waals surface area contributed by atoms with Gasteiger partial charge in [0.25, 0.3) is 0 Å².